The molecule has 0 radical (unpaired) electrons. The predicted molar refractivity (Wildman–Crippen MR) is 82.8 cm³/mol. The van der Waals surface area contributed by atoms with Crippen molar-refractivity contribution in [1.82, 2.24) is 15.3 Å². The van der Waals surface area contributed by atoms with Crippen LogP contribution in [0.5, 0.6) is 5.75 Å². The molecule has 110 valence electrons. The van der Waals surface area contributed by atoms with Gasteiger partial charge in [0.2, 0.25) is 5.95 Å². The van der Waals surface area contributed by atoms with Crippen molar-refractivity contribution in [3.63, 3.8) is 0 Å². The Hall–Kier alpha value is -1.88. The molecule has 0 bridgehead atoms. The Morgan fingerprint density at radius 2 is 2.19 bits per heavy atom. The summed E-state index contributed by atoms with van der Waals surface area (Å²) in [5.74, 6) is 1.58. The van der Waals surface area contributed by atoms with E-state index in [-0.39, 0.29) is 0 Å². The number of methoxy groups -OCH3 is 1. The van der Waals surface area contributed by atoms with Gasteiger partial charge in [0.15, 0.2) is 0 Å². The van der Waals surface area contributed by atoms with Gasteiger partial charge < -0.3 is 15.4 Å². The lowest BCUT2D eigenvalue weighted by molar-refractivity contribution is 0.415. The van der Waals surface area contributed by atoms with Crippen LogP contribution in [0, 0.1) is 12.3 Å². The molecule has 2 N–H and O–H groups in total. The zero-order valence-electron chi connectivity index (χ0n) is 12.4. The van der Waals surface area contributed by atoms with E-state index in [1.165, 1.54) is 12.8 Å². The molecule has 1 aromatic carbocycles. The van der Waals surface area contributed by atoms with Gasteiger partial charge in [0.25, 0.3) is 0 Å². The fourth-order valence-corrected chi connectivity index (χ4v) is 3.30. The maximum Gasteiger partial charge on any atom is 0.223 e. The topological polar surface area (TPSA) is 59.1 Å². The van der Waals surface area contributed by atoms with Crippen LogP contribution in [0.4, 0.5) is 5.95 Å². The van der Waals surface area contributed by atoms with Crippen molar-refractivity contribution in [2.24, 2.45) is 5.41 Å². The zero-order chi connectivity index (χ0) is 14.4. The maximum absolute atomic E-state index is 5.27. The first-order chi connectivity index (χ1) is 10.2. The third-order valence-electron chi connectivity index (χ3n) is 4.85. The molecule has 5 nitrogen and oxygen atoms in total. The molecule has 1 atom stereocenters. The molecule has 2 heterocycles. The van der Waals surface area contributed by atoms with Gasteiger partial charge in [0, 0.05) is 29.9 Å². The molecular formula is C16H20N4O. The summed E-state index contributed by atoms with van der Waals surface area (Å²) in [5, 5.41) is 8.06. The van der Waals surface area contributed by atoms with Crippen LogP contribution < -0.4 is 15.4 Å². The van der Waals surface area contributed by atoms with E-state index in [1.807, 2.05) is 25.1 Å². The Labute approximate surface area is 124 Å². The first-order valence-electron chi connectivity index (χ1n) is 7.50. The van der Waals surface area contributed by atoms with Gasteiger partial charge in [0.05, 0.1) is 18.3 Å². The number of ether oxygens (including phenoxy) is 1. The first-order valence-corrected chi connectivity index (χ1v) is 7.50. The number of anilines is 1. The van der Waals surface area contributed by atoms with Crippen LogP contribution in [0.15, 0.2) is 18.2 Å². The lowest BCUT2D eigenvalue weighted by Crippen LogP contribution is -2.30. The van der Waals surface area contributed by atoms with Crippen molar-refractivity contribution in [2.75, 3.05) is 25.5 Å². The number of nitrogens with zero attached hydrogens (tertiary/aromatic N) is 2. The number of hydrogen-bond donors (Lipinski definition) is 2. The molecule has 4 rings (SSSR count). The molecule has 1 aliphatic heterocycles. The van der Waals surface area contributed by atoms with Crippen molar-refractivity contribution >= 4 is 16.9 Å². The number of hydrogen-bond acceptors (Lipinski definition) is 5. The normalized spacial score (nSPS) is 22.7. The number of nitrogens with one attached hydrogen (secondary N) is 2. The summed E-state index contributed by atoms with van der Waals surface area (Å²) >= 11 is 0. The Morgan fingerprint density at radius 1 is 1.33 bits per heavy atom. The van der Waals surface area contributed by atoms with Gasteiger partial charge in [-0.2, -0.15) is 0 Å². The van der Waals surface area contributed by atoms with Gasteiger partial charge in [0.1, 0.15) is 5.75 Å². The number of aryl methyl sites for hydroxylation is 1. The van der Waals surface area contributed by atoms with Gasteiger partial charge >= 0.3 is 0 Å². The third-order valence-corrected chi connectivity index (χ3v) is 4.85. The van der Waals surface area contributed by atoms with E-state index < -0.39 is 0 Å². The van der Waals surface area contributed by atoms with Crippen molar-refractivity contribution in [2.45, 2.75) is 25.8 Å². The Balaban J connectivity index is 1.67. The summed E-state index contributed by atoms with van der Waals surface area (Å²) in [6.45, 7) is 4.14. The van der Waals surface area contributed by atoms with Crippen LogP contribution in [0.25, 0.3) is 10.9 Å². The summed E-state index contributed by atoms with van der Waals surface area (Å²) in [6.07, 6.45) is 2.61. The average molecular weight is 284 g/mol. The van der Waals surface area contributed by atoms with Gasteiger partial charge in [-0.3, -0.25) is 0 Å². The molecule has 1 aliphatic carbocycles. The summed E-state index contributed by atoms with van der Waals surface area (Å²) in [6, 6.07) is 6.38. The van der Waals surface area contributed by atoms with Crippen LogP contribution in [-0.2, 0) is 0 Å². The van der Waals surface area contributed by atoms with Gasteiger partial charge in [-0.1, -0.05) is 0 Å². The summed E-state index contributed by atoms with van der Waals surface area (Å²) < 4.78 is 5.27. The zero-order valence-corrected chi connectivity index (χ0v) is 12.4. The second-order valence-corrected chi connectivity index (χ2v) is 6.21. The number of fused-ring (bicyclic) bond motifs is 1. The van der Waals surface area contributed by atoms with Crippen molar-refractivity contribution in [3.8, 4) is 5.75 Å². The minimum Gasteiger partial charge on any atom is -0.497 e. The van der Waals surface area contributed by atoms with Crippen LogP contribution in [0.2, 0.25) is 0 Å². The monoisotopic (exact) mass is 284 g/mol. The lowest BCUT2D eigenvalue weighted by Gasteiger charge is -2.19. The van der Waals surface area contributed by atoms with Gasteiger partial charge in [-0.15, -0.1) is 0 Å². The molecular weight excluding hydrogens is 264 g/mol. The van der Waals surface area contributed by atoms with Gasteiger partial charge in [-0.25, -0.2) is 9.97 Å². The van der Waals surface area contributed by atoms with Gasteiger partial charge in [-0.05, 0) is 38.0 Å². The molecule has 2 aliphatic rings. The molecule has 0 amide bonds. The molecule has 5 heteroatoms. The van der Waals surface area contributed by atoms with Crippen molar-refractivity contribution in [1.29, 1.82) is 0 Å². The molecule has 1 spiro atoms. The molecule has 21 heavy (non-hydrogen) atoms. The number of aromatic nitrogens is 2. The van der Waals surface area contributed by atoms with Crippen LogP contribution >= 0.6 is 0 Å². The van der Waals surface area contributed by atoms with E-state index in [9.17, 15) is 0 Å². The Bertz CT molecular complexity index is 696. The highest BCUT2D eigenvalue weighted by Crippen LogP contribution is 2.51. The second kappa shape index (κ2) is 4.56. The number of rotatable bonds is 3. The highest BCUT2D eigenvalue weighted by molar-refractivity contribution is 5.83. The van der Waals surface area contributed by atoms with E-state index in [0.29, 0.717) is 11.5 Å². The van der Waals surface area contributed by atoms with E-state index >= 15 is 0 Å². The molecule has 1 aromatic heterocycles. The standard InChI is InChI=1S/C16H20N4O/c1-10-12-7-11(21-2)3-4-13(12)19-15(18-10)20-14-8-17-9-16(14)5-6-16/h3-4,7,14,17H,5-6,8-9H2,1-2H3,(H,18,19,20). The van der Waals surface area contributed by atoms with E-state index in [0.717, 1.165) is 41.4 Å². The predicted octanol–water partition coefficient (Wildman–Crippen LogP) is 2.11. The largest absolute Gasteiger partial charge is 0.497 e. The minimum absolute atomic E-state index is 0.451. The van der Waals surface area contributed by atoms with E-state index in [2.05, 4.69) is 20.6 Å². The second-order valence-electron chi connectivity index (χ2n) is 6.21. The number of benzene rings is 1. The van der Waals surface area contributed by atoms with Crippen LogP contribution in [0.3, 0.4) is 0 Å². The minimum atomic E-state index is 0.451. The first kappa shape index (κ1) is 12.8. The smallest absolute Gasteiger partial charge is 0.223 e. The highest BCUT2D eigenvalue weighted by atomic mass is 16.5. The SMILES string of the molecule is COc1ccc2nc(NC3CNCC34CC4)nc(C)c2c1. The van der Waals surface area contributed by atoms with E-state index in [4.69, 9.17) is 4.74 Å². The van der Waals surface area contributed by atoms with Crippen molar-refractivity contribution < 1.29 is 4.74 Å². The quantitative estimate of drug-likeness (QED) is 0.904. The third kappa shape index (κ3) is 2.12. The highest BCUT2D eigenvalue weighted by Gasteiger charge is 2.52. The molecule has 1 unspecified atom stereocenters. The molecule has 1 saturated carbocycles. The summed E-state index contributed by atoms with van der Waals surface area (Å²) in [5.41, 5.74) is 2.39. The summed E-state index contributed by atoms with van der Waals surface area (Å²) in [7, 11) is 1.68. The summed E-state index contributed by atoms with van der Waals surface area (Å²) in [4.78, 5) is 9.29. The molecule has 2 aromatic rings. The average Bonchev–Trinajstić information content (AvgIpc) is 3.16. The lowest BCUT2D eigenvalue weighted by atomic mass is 10.0. The Kier molecular flexibility index (Phi) is 2.79. The van der Waals surface area contributed by atoms with Crippen LogP contribution in [-0.4, -0.2) is 36.2 Å². The molecule has 2 fully saturated rings. The molecule has 1 saturated heterocycles. The van der Waals surface area contributed by atoms with Crippen LogP contribution in [0.1, 0.15) is 18.5 Å². The fourth-order valence-electron chi connectivity index (χ4n) is 3.30. The Morgan fingerprint density at radius 3 is 2.95 bits per heavy atom. The fraction of sp³-hybridized carbons (Fsp3) is 0.500. The maximum atomic E-state index is 5.27. The van der Waals surface area contributed by atoms with E-state index in [1.54, 1.807) is 7.11 Å². The van der Waals surface area contributed by atoms with Crippen molar-refractivity contribution in [3.05, 3.63) is 23.9 Å².